The van der Waals surface area contributed by atoms with Crippen LogP contribution in [-0.4, -0.2) is 15.9 Å². The van der Waals surface area contributed by atoms with E-state index in [2.05, 4.69) is 15.3 Å². The van der Waals surface area contributed by atoms with Gasteiger partial charge in [-0.25, -0.2) is 4.98 Å². The third-order valence-corrected chi connectivity index (χ3v) is 2.15. The highest BCUT2D eigenvalue weighted by molar-refractivity contribution is 6.02. The van der Waals surface area contributed by atoms with Crippen LogP contribution in [0.3, 0.4) is 0 Å². The van der Waals surface area contributed by atoms with E-state index in [1.165, 1.54) is 12.3 Å². The maximum Gasteiger partial charge on any atom is 0.275 e. The lowest BCUT2D eigenvalue weighted by atomic mass is 10.3. The SMILES string of the molecule is Cc1cccc(NC(=O)c2cc(N)ccn2)n1. The minimum absolute atomic E-state index is 0.272. The predicted molar refractivity (Wildman–Crippen MR) is 65.6 cm³/mol. The van der Waals surface area contributed by atoms with E-state index in [0.29, 0.717) is 11.5 Å². The Kier molecular flexibility index (Phi) is 3.00. The molecule has 0 unspecified atom stereocenters. The number of nitrogen functional groups attached to an aromatic ring is 1. The molecule has 0 radical (unpaired) electrons. The van der Waals surface area contributed by atoms with Crippen molar-refractivity contribution in [2.75, 3.05) is 11.1 Å². The summed E-state index contributed by atoms with van der Waals surface area (Å²) in [5, 5.41) is 2.66. The molecule has 0 aliphatic rings. The molecule has 5 heteroatoms. The third kappa shape index (κ3) is 2.78. The second-order valence-corrected chi connectivity index (χ2v) is 3.59. The fourth-order valence-electron chi connectivity index (χ4n) is 1.36. The van der Waals surface area contributed by atoms with Crippen LogP contribution < -0.4 is 11.1 Å². The molecule has 2 heterocycles. The number of nitrogens with zero attached hydrogens (tertiary/aromatic N) is 2. The van der Waals surface area contributed by atoms with Gasteiger partial charge in [-0.1, -0.05) is 6.07 Å². The molecule has 0 aromatic carbocycles. The Morgan fingerprint density at radius 3 is 2.88 bits per heavy atom. The van der Waals surface area contributed by atoms with Crippen LogP contribution >= 0.6 is 0 Å². The molecular formula is C12H12N4O. The molecule has 1 amide bonds. The molecule has 0 aliphatic heterocycles. The lowest BCUT2D eigenvalue weighted by Crippen LogP contribution is -2.14. The average Bonchev–Trinajstić information content (AvgIpc) is 2.29. The first-order valence-corrected chi connectivity index (χ1v) is 5.12. The van der Waals surface area contributed by atoms with Gasteiger partial charge < -0.3 is 11.1 Å². The van der Waals surface area contributed by atoms with Gasteiger partial charge in [-0.05, 0) is 31.2 Å². The Balaban J connectivity index is 2.17. The molecule has 0 aliphatic carbocycles. The van der Waals surface area contributed by atoms with Crippen molar-refractivity contribution in [1.29, 1.82) is 0 Å². The number of nitrogens with one attached hydrogen (secondary N) is 1. The molecule has 17 heavy (non-hydrogen) atoms. The molecule has 5 nitrogen and oxygen atoms in total. The average molecular weight is 228 g/mol. The van der Waals surface area contributed by atoms with E-state index < -0.39 is 0 Å². The Morgan fingerprint density at radius 2 is 2.18 bits per heavy atom. The molecule has 3 N–H and O–H groups in total. The van der Waals surface area contributed by atoms with E-state index in [0.717, 1.165) is 5.69 Å². The standard InChI is InChI=1S/C12H12N4O/c1-8-3-2-4-11(15-8)16-12(17)10-7-9(13)5-6-14-10/h2-7H,1H3,(H2,13,14)(H,15,16,17). The highest BCUT2D eigenvalue weighted by Gasteiger charge is 2.08. The van der Waals surface area contributed by atoms with Gasteiger partial charge in [0.1, 0.15) is 11.5 Å². The molecule has 0 fully saturated rings. The number of aromatic nitrogens is 2. The maximum absolute atomic E-state index is 11.8. The number of amides is 1. The highest BCUT2D eigenvalue weighted by Crippen LogP contribution is 2.08. The van der Waals surface area contributed by atoms with Crippen molar-refractivity contribution in [3.63, 3.8) is 0 Å². The number of aryl methyl sites for hydroxylation is 1. The Morgan fingerprint density at radius 1 is 1.35 bits per heavy atom. The third-order valence-electron chi connectivity index (χ3n) is 2.15. The van der Waals surface area contributed by atoms with Crippen LogP contribution in [0.15, 0.2) is 36.5 Å². The summed E-state index contributed by atoms with van der Waals surface area (Å²) in [6.45, 7) is 1.86. The minimum Gasteiger partial charge on any atom is -0.399 e. The molecule has 0 saturated carbocycles. The second-order valence-electron chi connectivity index (χ2n) is 3.59. The van der Waals surface area contributed by atoms with Gasteiger partial charge in [0.2, 0.25) is 0 Å². The van der Waals surface area contributed by atoms with Crippen molar-refractivity contribution in [3.05, 3.63) is 47.9 Å². The number of nitrogens with two attached hydrogens (primary N) is 1. The van der Waals surface area contributed by atoms with Crippen LogP contribution in [0.25, 0.3) is 0 Å². The molecule has 2 rings (SSSR count). The van der Waals surface area contributed by atoms with Gasteiger partial charge in [0, 0.05) is 17.6 Å². The smallest absolute Gasteiger partial charge is 0.275 e. The molecule has 0 saturated heterocycles. The van der Waals surface area contributed by atoms with Gasteiger partial charge in [0.05, 0.1) is 0 Å². The van der Waals surface area contributed by atoms with E-state index in [4.69, 9.17) is 5.73 Å². The van der Waals surface area contributed by atoms with Crippen molar-refractivity contribution in [2.24, 2.45) is 0 Å². The van der Waals surface area contributed by atoms with Crippen LogP contribution in [0.5, 0.6) is 0 Å². The minimum atomic E-state index is -0.324. The maximum atomic E-state index is 11.8. The van der Waals surface area contributed by atoms with Crippen LogP contribution in [-0.2, 0) is 0 Å². The van der Waals surface area contributed by atoms with Gasteiger partial charge >= 0.3 is 0 Å². The van der Waals surface area contributed by atoms with Crippen molar-refractivity contribution in [2.45, 2.75) is 6.92 Å². The van der Waals surface area contributed by atoms with Gasteiger partial charge in [-0.3, -0.25) is 9.78 Å². The Bertz CT molecular complexity index is 554. The zero-order valence-electron chi connectivity index (χ0n) is 9.34. The highest BCUT2D eigenvalue weighted by atomic mass is 16.1. The van der Waals surface area contributed by atoms with E-state index in [9.17, 15) is 4.79 Å². The summed E-state index contributed by atoms with van der Waals surface area (Å²) < 4.78 is 0. The van der Waals surface area contributed by atoms with Crippen molar-refractivity contribution < 1.29 is 4.79 Å². The number of rotatable bonds is 2. The number of carbonyl (C=O) groups is 1. The molecule has 2 aromatic rings. The molecule has 0 atom stereocenters. The number of carbonyl (C=O) groups excluding carboxylic acids is 1. The monoisotopic (exact) mass is 228 g/mol. The Hall–Kier alpha value is -2.43. The first kappa shape index (κ1) is 11.1. The van der Waals surface area contributed by atoms with Crippen LogP contribution in [0.1, 0.15) is 16.2 Å². The summed E-state index contributed by atoms with van der Waals surface area (Å²) in [6, 6.07) is 8.54. The summed E-state index contributed by atoms with van der Waals surface area (Å²) in [5.41, 5.74) is 7.19. The normalized spacial score (nSPS) is 9.94. The van der Waals surface area contributed by atoms with Crippen molar-refractivity contribution in [1.82, 2.24) is 9.97 Å². The lowest BCUT2D eigenvalue weighted by Gasteiger charge is -2.04. The second kappa shape index (κ2) is 4.61. The van der Waals surface area contributed by atoms with Crippen molar-refractivity contribution in [3.8, 4) is 0 Å². The number of anilines is 2. The summed E-state index contributed by atoms with van der Waals surface area (Å²) in [7, 11) is 0. The van der Waals surface area contributed by atoms with Crippen LogP contribution in [0, 0.1) is 6.92 Å². The predicted octanol–water partition coefficient (Wildman–Crippen LogP) is 1.62. The van der Waals surface area contributed by atoms with E-state index in [-0.39, 0.29) is 11.6 Å². The van der Waals surface area contributed by atoms with E-state index in [1.54, 1.807) is 12.1 Å². The fraction of sp³-hybridized carbons (Fsp3) is 0.0833. The summed E-state index contributed by atoms with van der Waals surface area (Å²) in [5.74, 6) is 0.176. The first-order chi connectivity index (χ1) is 8.15. The molecule has 2 aromatic heterocycles. The first-order valence-electron chi connectivity index (χ1n) is 5.12. The van der Waals surface area contributed by atoms with Gasteiger partial charge in [-0.2, -0.15) is 0 Å². The number of hydrogen-bond donors (Lipinski definition) is 2. The number of pyridine rings is 2. The molecular weight excluding hydrogens is 216 g/mol. The quantitative estimate of drug-likeness (QED) is 0.818. The summed E-state index contributed by atoms with van der Waals surface area (Å²) >= 11 is 0. The van der Waals surface area contributed by atoms with Gasteiger partial charge in [0.15, 0.2) is 0 Å². The summed E-state index contributed by atoms with van der Waals surface area (Å²) in [4.78, 5) is 19.9. The summed E-state index contributed by atoms with van der Waals surface area (Å²) in [6.07, 6.45) is 1.49. The fourth-order valence-corrected chi connectivity index (χ4v) is 1.36. The van der Waals surface area contributed by atoms with Gasteiger partial charge in [0.25, 0.3) is 5.91 Å². The Labute approximate surface area is 98.7 Å². The zero-order chi connectivity index (χ0) is 12.3. The zero-order valence-corrected chi connectivity index (χ0v) is 9.34. The molecule has 0 spiro atoms. The topological polar surface area (TPSA) is 80.9 Å². The van der Waals surface area contributed by atoms with Crippen molar-refractivity contribution >= 4 is 17.4 Å². The molecule has 86 valence electrons. The number of hydrogen-bond acceptors (Lipinski definition) is 4. The lowest BCUT2D eigenvalue weighted by molar-refractivity contribution is 0.102. The largest absolute Gasteiger partial charge is 0.399 e. The van der Waals surface area contributed by atoms with E-state index in [1.807, 2.05) is 19.1 Å². The van der Waals surface area contributed by atoms with Crippen LogP contribution in [0.2, 0.25) is 0 Å². The van der Waals surface area contributed by atoms with Gasteiger partial charge in [-0.15, -0.1) is 0 Å². The molecule has 0 bridgehead atoms. The van der Waals surface area contributed by atoms with Crippen LogP contribution in [0.4, 0.5) is 11.5 Å². The van der Waals surface area contributed by atoms with E-state index >= 15 is 0 Å².